The number of carbonyl (C=O) groups is 2. The van der Waals surface area contributed by atoms with E-state index in [0.29, 0.717) is 23.7 Å². The maximum Gasteiger partial charge on any atom is 0.573 e. The van der Waals surface area contributed by atoms with Crippen molar-refractivity contribution in [1.29, 1.82) is 0 Å². The number of halogens is 3. The lowest BCUT2D eigenvalue weighted by Crippen LogP contribution is -2.26. The number of ketones is 1. The van der Waals surface area contributed by atoms with Crippen LogP contribution in [0.5, 0.6) is 11.5 Å². The zero-order chi connectivity index (χ0) is 24.6. The highest BCUT2D eigenvalue weighted by atomic mass is 32.1. The second kappa shape index (κ2) is 11.6. The lowest BCUT2D eigenvalue weighted by Gasteiger charge is -2.09. The Morgan fingerprint density at radius 2 is 1.74 bits per heavy atom. The van der Waals surface area contributed by atoms with Gasteiger partial charge in [0.1, 0.15) is 23.8 Å². The van der Waals surface area contributed by atoms with Crippen LogP contribution in [0.3, 0.4) is 0 Å². The molecule has 3 rings (SSSR count). The minimum Gasteiger partial charge on any atom is -0.486 e. The van der Waals surface area contributed by atoms with Gasteiger partial charge in [0.25, 0.3) is 5.91 Å². The number of hydrogen-bond donors (Lipinski definition) is 1. The van der Waals surface area contributed by atoms with Gasteiger partial charge in [-0.25, -0.2) is 4.98 Å². The van der Waals surface area contributed by atoms with Crippen LogP contribution in [0.25, 0.3) is 0 Å². The third-order valence-corrected chi connectivity index (χ3v) is 5.71. The average Bonchev–Trinajstić information content (AvgIpc) is 3.27. The molecule has 6 nitrogen and oxygen atoms in total. The van der Waals surface area contributed by atoms with Crippen molar-refractivity contribution in [3.63, 3.8) is 0 Å². The fourth-order valence-corrected chi connectivity index (χ4v) is 3.82. The number of thiazole rings is 1. The number of benzene rings is 2. The van der Waals surface area contributed by atoms with Crippen LogP contribution in [0.2, 0.25) is 0 Å². The predicted molar refractivity (Wildman–Crippen MR) is 121 cm³/mol. The predicted octanol–water partition coefficient (Wildman–Crippen LogP) is 4.90. The SMILES string of the molecule is Cc1ccccc1CCNC(=O)c1csc(CCC(=O)COc2ccc(OC(F)(F)F)cc2)n1. The number of aromatic nitrogens is 1. The fourth-order valence-electron chi connectivity index (χ4n) is 3.04. The third-order valence-electron chi connectivity index (χ3n) is 4.80. The van der Waals surface area contributed by atoms with Crippen LogP contribution in [-0.2, 0) is 17.6 Å². The van der Waals surface area contributed by atoms with Crippen LogP contribution in [0.1, 0.15) is 33.0 Å². The summed E-state index contributed by atoms with van der Waals surface area (Å²) in [5.41, 5.74) is 2.66. The van der Waals surface area contributed by atoms with Gasteiger partial charge in [-0.3, -0.25) is 9.59 Å². The molecule has 180 valence electrons. The van der Waals surface area contributed by atoms with Crippen LogP contribution in [0.15, 0.2) is 53.9 Å². The number of nitrogens with zero attached hydrogens (tertiary/aromatic N) is 1. The van der Waals surface area contributed by atoms with E-state index in [0.717, 1.165) is 18.6 Å². The van der Waals surface area contributed by atoms with Gasteiger partial charge in [0.05, 0.1) is 5.01 Å². The minimum atomic E-state index is -4.77. The number of aryl methyl sites for hydroxylation is 2. The summed E-state index contributed by atoms with van der Waals surface area (Å²) in [7, 11) is 0. The van der Waals surface area contributed by atoms with Crippen LogP contribution in [-0.4, -0.2) is 36.2 Å². The van der Waals surface area contributed by atoms with Gasteiger partial charge in [0.15, 0.2) is 5.78 Å². The molecule has 0 aliphatic heterocycles. The molecule has 0 atom stereocenters. The van der Waals surface area contributed by atoms with Gasteiger partial charge >= 0.3 is 6.36 Å². The molecule has 0 fully saturated rings. The normalized spacial score (nSPS) is 11.2. The second-order valence-electron chi connectivity index (χ2n) is 7.41. The van der Waals surface area contributed by atoms with E-state index in [1.165, 1.54) is 34.6 Å². The smallest absolute Gasteiger partial charge is 0.486 e. The highest BCUT2D eigenvalue weighted by Crippen LogP contribution is 2.24. The van der Waals surface area contributed by atoms with E-state index in [4.69, 9.17) is 4.74 Å². The van der Waals surface area contributed by atoms with E-state index in [1.807, 2.05) is 31.2 Å². The first kappa shape index (κ1) is 25.2. The molecular weight excluding hydrogens is 469 g/mol. The maximum absolute atomic E-state index is 12.3. The van der Waals surface area contributed by atoms with Gasteiger partial charge in [-0.1, -0.05) is 24.3 Å². The molecule has 0 unspecified atom stereocenters. The van der Waals surface area contributed by atoms with Crippen LogP contribution < -0.4 is 14.8 Å². The van der Waals surface area contributed by atoms with Gasteiger partial charge in [-0.15, -0.1) is 24.5 Å². The van der Waals surface area contributed by atoms with Crippen molar-refractivity contribution >= 4 is 23.0 Å². The quantitative estimate of drug-likeness (QED) is 0.412. The number of nitrogens with one attached hydrogen (secondary N) is 1. The lowest BCUT2D eigenvalue weighted by atomic mass is 10.1. The average molecular weight is 493 g/mol. The molecule has 34 heavy (non-hydrogen) atoms. The summed E-state index contributed by atoms with van der Waals surface area (Å²) >= 11 is 1.30. The number of hydrogen-bond acceptors (Lipinski definition) is 6. The molecule has 0 spiro atoms. The standard InChI is InChI=1S/C24H23F3N2O4S/c1-16-4-2-3-5-17(16)12-13-28-23(31)21-15-34-22(29-21)11-6-18(30)14-32-19-7-9-20(10-8-19)33-24(25,26)27/h2-5,7-10,15H,6,11-14H2,1H3,(H,28,31). The number of rotatable bonds is 11. The van der Waals surface area contributed by atoms with Crippen molar-refractivity contribution in [3.05, 3.63) is 75.7 Å². The van der Waals surface area contributed by atoms with Gasteiger partial charge in [0.2, 0.25) is 0 Å². The zero-order valence-corrected chi connectivity index (χ0v) is 19.2. The van der Waals surface area contributed by atoms with E-state index >= 15 is 0 Å². The molecule has 1 aromatic heterocycles. The van der Waals surface area contributed by atoms with Crippen LogP contribution >= 0.6 is 11.3 Å². The first-order chi connectivity index (χ1) is 16.2. The number of Topliss-reactive ketones (excluding diaryl/α,β-unsaturated/α-hetero) is 1. The molecule has 2 aromatic carbocycles. The fraction of sp³-hybridized carbons (Fsp3) is 0.292. The summed E-state index contributed by atoms with van der Waals surface area (Å²) < 4.78 is 45.6. The highest BCUT2D eigenvalue weighted by molar-refractivity contribution is 7.09. The third kappa shape index (κ3) is 8.18. The summed E-state index contributed by atoms with van der Waals surface area (Å²) in [6.07, 6.45) is -3.52. The number of carbonyl (C=O) groups excluding carboxylic acids is 2. The Morgan fingerprint density at radius 3 is 2.44 bits per heavy atom. The largest absolute Gasteiger partial charge is 0.573 e. The zero-order valence-electron chi connectivity index (χ0n) is 18.4. The first-order valence-corrected chi connectivity index (χ1v) is 11.3. The molecule has 10 heteroatoms. The topological polar surface area (TPSA) is 77.5 Å². The molecule has 1 heterocycles. The number of amides is 1. The highest BCUT2D eigenvalue weighted by Gasteiger charge is 2.31. The summed E-state index contributed by atoms with van der Waals surface area (Å²) in [4.78, 5) is 28.7. The van der Waals surface area contributed by atoms with E-state index in [-0.39, 0.29) is 36.2 Å². The lowest BCUT2D eigenvalue weighted by molar-refractivity contribution is -0.274. The van der Waals surface area contributed by atoms with Crippen molar-refractivity contribution in [1.82, 2.24) is 10.3 Å². The maximum atomic E-state index is 12.3. The van der Waals surface area contributed by atoms with Gasteiger partial charge in [-0.05, 0) is 48.7 Å². The van der Waals surface area contributed by atoms with Crippen molar-refractivity contribution < 1.29 is 32.2 Å². The summed E-state index contributed by atoms with van der Waals surface area (Å²) in [6, 6.07) is 12.8. The molecular formula is C24H23F3N2O4S. The summed E-state index contributed by atoms with van der Waals surface area (Å²) in [6.45, 7) is 2.30. The Kier molecular flexibility index (Phi) is 8.64. The molecule has 1 amide bonds. The molecule has 0 bridgehead atoms. The van der Waals surface area contributed by atoms with Crippen molar-refractivity contribution in [3.8, 4) is 11.5 Å². The van der Waals surface area contributed by atoms with E-state index in [9.17, 15) is 22.8 Å². The van der Waals surface area contributed by atoms with Crippen LogP contribution in [0.4, 0.5) is 13.2 Å². The van der Waals surface area contributed by atoms with E-state index in [1.54, 1.807) is 5.38 Å². The van der Waals surface area contributed by atoms with Gasteiger partial charge in [-0.2, -0.15) is 0 Å². The summed E-state index contributed by atoms with van der Waals surface area (Å²) in [5.74, 6) is -0.578. The number of alkyl halides is 3. The van der Waals surface area contributed by atoms with Crippen molar-refractivity contribution in [2.24, 2.45) is 0 Å². The van der Waals surface area contributed by atoms with Gasteiger partial charge < -0.3 is 14.8 Å². The minimum absolute atomic E-state index is 0.164. The molecule has 1 N–H and O–H groups in total. The Hall–Kier alpha value is -3.40. The monoisotopic (exact) mass is 492 g/mol. The molecule has 0 aliphatic carbocycles. The van der Waals surface area contributed by atoms with Gasteiger partial charge in [0, 0.05) is 24.8 Å². The Bertz CT molecular complexity index is 1110. The second-order valence-corrected chi connectivity index (χ2v) is 8.35. The Balaban J connectivity index is 1.38. The Morgan fingerprint density at radius 1 is 1.03 bits per heavy atom. The Labute approximate surface area is 198 Å². The number of ether oxygens (including phenoxy) is 2. The molecule has 0 aliphatic rings. The molecule has 0 saturated carbocycles. The van der Waals surface area contributed by atoms with E-state index < -0.39 is 6.36 Å². The first-order valence-electron chi connectivity index (χ1n) is 10.5. The molecule has 3 aromatic rings. The van der Waals surface area contributed by atoms with Crippen molar-refractivity contribution in [2.45, 2.75) is 32.5 Å². The molecule has 0 radical (unpaired) electrons. The van der Waals surface area contributed by atoms with Crippen molar-refractivity contribution in [2.75, 3.05) is 13.2 Å². The molecule has 0 saturated heterocycles. The van der Waals surface area contributed by atoms with Crippen LogP contribution in [0, 0.1) is 6.92 Å². The van der Waals surface area contributed by atoms with E-state index in [2.05, 4.69) is 15.0 Å². The summed E-state index contributed by atoms with van der Waals surface area (Å²) in [5, 5.41) is 5.17.